The fourth-order valence-electron chi connectivity index (χ4n) is 4.23. The van der Waals surface area contributed by atoms with Crippen LogP contribution >= 0.6 is 0 Å². The number of allylic oxidation sites excluding steroid dienone is 3. The molecule has 0 amide bonds. The number of benzene rings is 1. The quantitative estimate of drug-likeness (QED) is 0.889. The highest BCUT2D eigenvalue weighted by molar-refractivity contribution is 6.00. The Kier molecular flexibility index (Phi) is 4.88. The molecule has 0 fully saturated rings. The number of aryl methyl sites for hydroxylation is 1. The summed E-state index contributed by atoms with van der Waals surface area (Å²) in [4.78, 5) is 13.2. The van der Waals surface area contributed by atoms with Gasteiger partial charge in [-0.3, -0.25) is 9.80 Å². The Morgan fingerprint density at radius 3 is 2.41 bits per heavy atom. The Labute approximate surface area is 161 Å². The van der Waals surface area contributed by atoms with Gasteiger partial charge in [0.05, 0.1) is 17.6 Å². The number of nitriles is 1. The van der Waals surface area contributed by atoms with Crippen LogP contribution in [0.4, 0.5) is 0 Å². The standard InChI is InChI=1S/C22H28N4O/c1-6-14-7-9-15(10-8-14)19-16(13-23)21(24)26(25(4)5)17-11-22(2,3)12-18(27)20(17)19/h7-10,19H,6,11-12,24H2,1-5H3. The van der Waals surface area contributed by atoms with Crippen molar-refractivity contribution in [2.75, 3.05) is 14.1 Å². The van der Waals surface area contributed by atoms with E-state index in [2.05, 4.69) is 39.0 Å². The third-order valence-electron chi connectivity index (χ3n) is 5.48. The van der Waals surface area contributed by atoms with Crippen molar-refractivity contribution in [3.8, 4) is 6.07 Å². The van der Waals surface area contributed by atoms with Crippen molar-refractivity contribution < 1.29 is 4.79 Å². The molecule has 0 bridgehead atoms. The first kappa shape index (κ1) is 19.2. The predicted octanol–water partition coefficient (Wildman–Crippen LogP) is 3.46. The molecule has 1 aliphatic carbocycles. The lowest BCUT2D eigenvalue weighted by Gasteiger charge is -2.45. The summed E-state index contributed by atoms with van der Waals surface area (Å²) in [6.07, 6.45) is 2.17. The van der Waals surface area contributed by atoms with E-state index in [9.17, 15) is 10.1 Å². The molecule has 2 N–H and O–H groups in total. The second kappa shape index (κ2) is 6.86. The van der Waals surface area contributed by atoms with Crippen LogP contribution in [0, 0.1) is 16.7 Å². The van der Waals surface area contributed by atoms with Crippen molar-refractivity contribution >= 4 is 5.78 Å². The maximum absolute atomic E-state index is 13.2. The van der Waals surface area contributed by atoms with Crippen LogP contribution < -0.4 is 5.73 Å². The van der Waals surface area contributed by atoms with Gasteiger partial charge in [-0.25, -0.2) is 5.01 Å². The highest BCUT2D eigenvalue weighted by Gasteiger charge is 2.44. The smallest absolute Gasteiger partial charge is 0.162 e. The van der Waals surface area contributed by atoms with E-state index < -0.39 is 5.92 Å². The van der Waals surface area contributed by atoms with Gasteiger partial charge in [-0.15, -0.1) is 0 Å². The van der Waals surface area contributed by atoms with Crippen molar-refractivity contribution in [1.82, 2.24) is 10.0 Å². The maximum Gasteiger partial charge on any atom is 0.162 e. The molecule has 27 heavy (non-hydrogen) atoms. The van der Waals surface area contributed by atoms with Crippen molar-refractivity contribution in [2.45, 2.75) is 46.0 Å². The first-order valence-electron chi connectivity index (χ1n) is 9.42. The van der Waals surface area contributed by atoms with Gasteiger partial charge < -0.3 is 5.73 Å². The number of hydrogen-bond donors (Lipinski definition) is 1. The van der Waals surface area contributed by atoms with Gasteiger partial charge in [0.1, 0.15) is 5.82 Å². The van der Waals surface area contributed by atoms with Crippen LogP contribution in [0.1, 0.15) is 50.7 Å². The molecule has 5 nitrogen and oxygen atoms in total. The SMILES string of the molecule is CCc1ccc(C2C(C#N)=C(N)N(N(C)C)C3=C2C(=O)CC(C)(C)C3)cc1. The second-order valence-corrected chi connectivity index (χ2v) is 8.40. The van der Waals surface area contributed by atoms with Gasteiger partial charge in [0.15, 0.2) is 5.78 Å². The number of hydrazine groups is 1. The molecule has 1 atom stereocenters. The second-order valence-electron chi connectivity index (χ2n) is 8.40. The molecule has 0 radical (unpaired) electrons. The minimum atomic E-state index is -0.393. The highest BCUT2D eigenvalue weighted by Crippen LogP contribution is 2.49. The summed E-state index contributed by atoms with van der Waals surface area (Å²) < 4.78 is 0. The van der Waals surface area contributed by atoms with E-state index in [4.69, 9.17) is 5.73 Å². The predicted molar refractivity (Wildman–Crippen MR) is 106 cm³/mol. The van der Waals surface area contributed by atoms with Crippen LogP contribution in [-0.2, 0) is 11.2 Å². The summed E-state index contributed by atoms with van der Waals surface area (Å²) in [5.41, 5.74) is 10.6. The molecule has 0 aromatic heterocycles. The van der Waals surface area contributed by atoms with Crippen molar-refractivity contribution in [3.05, 3.63) is 58.1 Å². The number of nitrogens with zero attached hydrogens (tertiary/aromatic N) is 3. The van der Waals surface area contributed by atoms with E-state index in [-0.39, 0.29) is 11.2 Å². The van der Waals surface area contributed by atoms with Crippen LogP contribution in [0.15, 0.2) is 46.9 Å². The Hall–Kier alpha value is -2.58. The molecule has 1 unspecified atom stereocenters. The normalized spacial score (nSPS) is 22.2. The summed E-state index contributed by atoms with van der Waals surface area (Å²) in [7, 11) is 3.77. The van der Waals surface area contributed by atoms with Gasteiger partial charge in [-0.05, 0) is 29.4 Å². The zero-order valence-corrected chi connectivity index (χ0v) is 16.8. The summed E-state index contributed by atoms with van der Waals surface area (Å²) in [6, 6.07) is 10.5. The van der Waals surface area contributed by atoms with E-state index in [0.29, 0.717) is 17.8 Å². The van der Waals surface area contributed by atoms with E-state index >= 15 is 0 Å². The average molecular weight is 364 g/mol. The lowest BCUT2D eigenvalue weighted by Crippen LogP contribution is -2.47. The summed E-state index contributed by atoms with van der Waals surface area (Å²) in [5, 5.41) is 13.6. The molecule has 1 heterocycles. The molecular formula is C22H28N4O. The number of nitrogens with two attached hydrogens (primary N) is 1. The summed E-state index contributed by atoms with van der Waals surface area (Å²) in [5.74, 6) is 0.130. The average Bonchev–Trinajstić information content (AvgIpc) is 2.59. The van der Waals surface area contributed by atoms with E-state index in [1.54, 1.807) is 0 Å². The van der Waals surface area contributed by atoms with Crippen molar-refractivity contribution in [2.24, 2.45) is 11.1 Å². The summed E-state index contributed by atoms with van der Waals surface area (Å²) in [6.45, 7) is 6.32. The van der Waals surface area contributed by atoms with Crippen molar-refractivity contribution in [3.63, 3.8) is 0 Å². The first-order chi connectivity index (χ1) is 12.7. The third kappa shape index (κ3) is 3.26. The van der Waals surface area contributed by atoms with Gasteiger partial charge in [-0.2, -0.15) is 5.26 Å². The van der Waals surface area contributed by atoms with Crippen LogP contribution in [0.25, 0.3) is 0 Å². The number of ketones is 1. The minimum absolute atomic E-state index is 0.109. The Balaban J connectivity index is 2.24. The molecule has 0 saturated carbocycles. The lowest BCUT2D eigenvalue weighted by atomic mass is 9.69. The first-order valence-corrected chi connectivity index (χ1v) is 9.42. The minimum Gasteiger partial charge on any atom is -0.383 e. The van der Waals surface area contributed by atoms with E-state index in [1.165, 1.54) is 5.56 Å². The topological polar surface area (TPSA) is 73.4 Å². The largest absolute Gasteiger partial charge is 0.383 e. The molecule has 2 aliphatic rings. The summed E-state index contributed by atoms with van der Waals surface area (Å²) >= 11 is 0. The number of Topliss-reactive ketones (excluding diaryl/α,β-unsaturated/α-hetero) is 1. The van der Waals surface area contributed by atoms with Gasteiger partial charge in [-0.1, -0.05) is 45.0 Å². The monoisotopic (exact) mass is 364 g/mol. The molecule has 142 valence electrons. The van der Waals surface area contributed by atoms with Gasteiger partial charge >= 0.3 is 0 Å². The molecule has 0 saturated heterocycles. The molecule has 5 heteroatoms. The molecule has 0 spiro atoms. The molecule has 3 rings (SSSR count). The Morgan fingerprint density at radius 2 is 1.89 bits per heavy atom. The zero-order chi connectivity index (χ0) is 19.9. The highest BCUT2D eigenvalue weighted by atomic mass is 16.1. The fourth-order valence-corrected chi connectivity index (χ4v) is 4.23. The molecule has 1 aromatic carbocycles. The number of rotatable bonds is 3. The van der Waals surface area contributed by atoms with Gasteiger partial charge in [0, 0.05) is 31.8 Å². The fraction of sp³-hybridized carbons (Fsp3) is 0.455. The molecule has 1 aliphatic heterocycles. The number of hydrogen-bond acceptors (Lipinski definition) is 5. The van der Waals surface area contributed by atoms with Crippen LogP contribution in [0.2, 0.25) is 0 Å². The Morgan fingerprint density at radius 1 is 1.26 bits per heavy atom. The third-order valence-corrected chi connectivity index (χ3v) is 5.48. The Bertz CT molecular complexity index is 869. The van der Waals surface area contributed by atoms with Gasteiger partial charge in [0.2, 0.25) is 0 Å². The van der Waals surface area contributed by atoms with Crippen LogP contribution in [0.5, 0.6) is 0 Å². The van der Waals surface area contributed by atoms with Gasteiger partial charge in [0.25, 0.3) is 0 Å². The number of carbonyl (C=O) groups excluding carboxylic acids is 1. The zero-order valence-electron chi connectivity index (χ0n) is 16.8. The van der Waals surface area contributed by atoms with Crippen molar-refractivity contribution in [1.29, 1.82) is 5.26 Å². The van der Waals surface area contributed by atoms with E-state index in [1.807, 2.05) is 36.2 Å². The number of carbonyl (C=O) groups is 1. The van der Waals surface area contributed by atoms with E-state index in [0.717, 1.165) is 29.7 Å². The maximum atomic E-state index is 13.2. The molecule has 1 aromatic rings. The molecular weight excluding hydrogens is 336 g/mol. The lowest BCUT2D eigenvalue weighted by molar-refractivity contribution is -0.119. The van der Waals surface area contributed by atoms with Crippen LogP contribution in [-0.4, -0.2) is 29.9 Å². The van der Waals surface area contributed by atoms with Crippen LogP contribution in [0.3, 0.4) is 0 Å².